The summed E-state index contributed by atoms with van der Waals surface area (Å²) >= 11 is 6.07. The number of carbonyl (C=O) groups excluding carboxylic acids is 1. The van der Waals surface area contributed by atoms with Gasteiger partial charge in [-0.15, -0.1) is 0 Å². The van der Waals surface area contributed by atoms with Crippen molar-refractivity contribution >= 4 is 39.2 Å². The van der Waals surface area contributed by atoms with E-state index in [2.05, 4.69) is 14.9 Å². The molecule has 1 aliphatic carbocycles. The highest BCUT2D eigenvalue weighted by Gasteiger charge is 2.51. The number of benzene rings is 2. The average Bonchev–Trinajstić information content (AvgIpc) is 3.68. The maximum absolute atomic E-state index is 12.8. The zero-order valence-corrected chi connectivity index (χ0v) is 22.6. The zero-order chi connectivity index (χ0) is 28.8. The molecule has 1 saturated heterocycles. The number of carbonyl (C=O) groups is 2. The van der Waals surface area contributed by atoms with Crippen LogP contribution < -0.4 is 10.0 Å². The third-order valence-corrected chi connectivity index (χ3v) is 8.17. The van der Waals surface area contributed by atoms with E-state index in [-0.39, 0.29) is 10.8 Å². The molecule has 14 heteroatoms. The molecule has 1 saturated carbocycles. The molecule has 9 nitrogen and oxygen atoms in total. The fraction of sp³-hybridized carbons (Fsp3) is 0.440. The third kappa shape index (κ3) is 8.31. The molecule has 214 valence electrons. The van der Waals surface area contributed by atoms with Crippen molar-refractivity contribution in [3.8, 4) is 0 Å². The first-order valence-electron chi connectivity index (χ1n) is 12.0. The van der Waals surface area contributed by atoms with Gasteiger partial charge in [-0.05, 0) is 55.2 Å². The number of rotatable bonds is 8. The number of hydrogen-bond donors (Lipinski definition) is 3. The highest BCUT2D eigenvalue weighted by molar-refractivity contribution is 7.92. The molecule has 0 unspecified atom stereocenters. The van der Waals surface area contributed by atoms with E-state index in [9.17, 15) is 26.4 Å². The number of hydrogen-bond acceptors (Lipinski definition) is 6. The van der Waals surface area contributed by atoms with E-state index >= 15 is 0 Å². The lowest BCUT2D eigenvalue weighted by molar-refractivity contribution is -0.192. The number of ether oxygens (including phenoxy) is 1. The number of sulfonamides is 1. The van der Waals surface area contributed by atoms with Crippen LogP contribution in [0.25, 0.3) is 0 Å². The largest absolute Gasteiger partial charge is 0.490 e. The van der Waals surface area contributed by atoms with E-state index < -0.39 is 27.6 Å². The van der Waals surface area contributed by atoms with Crippen LogP contribution in [0.1, 0.15) is 24.0 Å². The molecular weight excluding hydrogens is 563 g/mol. The molecule has 0 atom stereocenters. The smallest absolute Gasteiger partial charge is 0.475 e. The number of morpholine rings is 1. The van der Waals surface area contributed by atoms with Crippen LogP contribution >= 0.6 is 11.6 Å². The number of aryl methyl sites for hydroxylation is 1. The fourth-order valence-corrected chi connectivity index (χ4v) is 5.24. The predicted molar refractivity (Wildman–Crippen MR) is 138 cm³/mol. The normalized spacial score (nSPS) is 16.9. The molecule has 0 spiro atoms. The van der Waals surface area contributed by atoms with Gasteiger partial charge in [0.15, 0.2) is 0 Å². The number of halogens is 4. The number of carboxylic acids is 1. The molecule has 4 rings (SSSR count). The summed E-state index contributed by atoms with van der Waals surface area (Å²) in [5.74, 6) is -2.72. The van der Waals surface area contributed by atoms with Crippen molar-refractivity contribution in [1.82, 2.24) is 10.2 Å². The SMILES string of the molecule is Cc1ccc(S(=O)(=O)Nc2ccc(C3(C(=O)NCCN4CCOCC4)CC3)cc2)cc1Cl.O=C(O)C(F)(F)F. The number of nitrogens with zero attached hydrogens (tertiary/aromatic N) is 1. The second-order valence-corrected chi connectivity index (χ2v) is 11.3. The Kier molecular flexibility index (Phi) is 9.86. The van der Waals surface area contributed by atoms with E-state index in [1.165, 1.54) is 12.1 Å². The first kappa shape index (κ1) is 30.7. The van der Waals surface area contributed by atoms with Crippen LogP contribution in [0.4, 0.5) is 18.9 Å². The Morgan fingerprint density at radius 3 is 2.21 bits per heavy atom. The summed E-state index contributed by atoms with van der Waals surface area (Å²) < 4.78 is 65.0. The van der Waals surface area contributed by atoms with Crippen LogP contribution in [-0.2, 0) is 29.8 Å². The number of anilines is 1. The molecular formula is C25H29ClF3N3O6S. The van der Waals surface area contributed by atoms with Gasteiger partial charge < -0.3 is 15.2 Å². The Hall–Kier alpha value is -2.87. The maximum Gasteiger partial charge on any atom is 0.490 e. The first-order valence-corrected chi connectivity index (χ1v) is 13.9. The van der Waals surface area contributed by atoms with Crippen LogP contribution in [-0.4, -0.2) is 75.9 Å². The van der Waals surface area contributed by atoms with Crippen molar-refractivity contribution in [3.05, 3.63) is 58.6 Å². The standard InChI is InChI=1S/C23H28ClN3O4S.C2HF3O2/c1-17-2-7-20(16-21(17)24)32(29,30)26-19-5-3-18(4-6-19)23(8-9-23)22(28)25-10-11-27-12-14-31-15-13-27;3-2(4,5)1(6)7/h2-7,16,26H,8-15H2,1H3,(H,25,28);(H,6,7). The molecule has 2 aliphatic rings. The number of carboxylic acid groups (broad SMARTS) is 1. The summed E-state index contributed by atoms with van der Waals surface area (Å²) in [6, 6.07) is 11.7. The first-order chi connectivity index (χ1) is 18.2. The Bertz CT molecular complexity index is 1280. The van der Waals surface area contributed by atoms with Gasteiger partial charge in [-0.1, -0.05) is 29.8 Å². The van der Waals surface area contributed by atoms with E-state index in [0.717, 1.165) is 56.8 Å². The fourth-order valence-electron chi connectivity index (χ4n) is 3.91. The van der Waals surface area contributed by atoms with Gasteiger partial charge in [-0.3, -0.25) is 14.4 Å². The summed E-state index contributed by atoms with van der Waals surface area (Å²) in [7, 11) is -3.75. The van der Waals surface area contributed by atoms with E-state index in [0.29, 0.717) is 17.3 Å². The van der Waals surface area contributed by atoms with Gasteiger partial charge in [0.25, 0.3) is 10.0 Å². The van der Waals surface area contributed by atoms with Crippen molar-refractivity contribution < 1.29 is 41.0 Å². The summed E-state index contributed by atoms with van der Waals surface area (Å²) in [5, 5.41) is 10.6. The van der Waals surface area contributed by atoms with Crippen molar-refractivity contribution in [2.75, 3.05) is 44.1 Å². The average molecular weight is 592 g/mol. The number of amides is 1. The van der Waals surface area contributed by atoms with Gasteiger partial charge in [0.1, 0.15) is 0 Å². The quantitative estimate of drug-likeness (QED) is 0.429. The lowest BCUT2D eigenvalue weighted by Crippen LogP contribution is -2.43. The number of aliphatic carboxylic acids is 1. The minimum Gasteiger partial charge on any atom is -0.475 e. The van der Waals surface area contributed by atoms with E-state index in [1.54, 1.807) is 18.2 Å². The van der Waals surface area contributed by atoms with Crippen LogP contribution in [0.3, 0.4) is 0 Å². The minimum atomic E-state index is -5.08. The summed E-state index contributed by atoms with van der Waals surface area (Å²) in [4.78, 5) is 24.1. The topological polar surface area (TPSA) is 125 Å². The molecule has 1 heterocycles. The lowest BCUT2D eigenvalue weighted by atomic mass is 9.95. The van der Waals surface area contributed by atoms with Crippen LogP contribution in [0, 0.1) is 6.92 Å². The lowest BCUT2D eigenvalue weighted by Gasteiger charge is -2.27. The van der Waals surface area contributed by atoms with Crippen LogP contribution in [0.2, 0.25) is 5.02 Å². The van der Waals surface area contributed by atoms with Crippen molar-refractivity contribution in [3.63, 3.8) is 0 Å². The van der Waals surface area contributed by atoms with Gasteiger partial charge in [0, 0.05) is 36.9 Å². The molecule has 39 heavy (non-hydrogen) atoms. The van der Waals surface area contributed by atoms with Gasteiger partial charge in [0.2, 0.25) is 5.91 Å². The molecule has 2 aromatic carbocycles. The second kappa shape index (κ2) is 12.5. The van der Waals surface area contributed by atoms with Crippen LogP contribution in [0.5, 0.6) is 0 Å². The number of nitrogens with one attached hydrogen (secondary N) is 2. The Balaban J connectivity index is 0.000000532. The zero-order valence-electron chi connectivity index (χ0n) is 21.1. The molecule has 0 bridgehead atoms. The van der Waals surface area contributed by atoms with Crippen LogP contribution in [0.15, 0.2) is 47.4 Å². The highest BCUT2D eigenvalue weighted by Crippen LogP contribution is 2.48. The Labute approximate surface area is 229 Å². The Morgan fingerprint density at radius 1 is 1.10 bits per heavy atom. The monoisotopic (exact) mass is 591 g/mol. The molecule has 0 radical (unpaired) electrons. The van der Waals surface area contributed by atoms with Crippen molar-refractivity contribution in [2.24, 2.45) is 0 Å². The second-order valence-electron chi connectivity index (χ2n) is 9.19. The van der Waals surface area contributed by atoms with E-state index in [4.69, 9.17) is 26.2 Å². The number of alkyl halides is 3. The molecule has 0 aromatic heterocycles. The summed E-state index contributed by atoms with van der Waals surface area (Å²) in [5.41, 5.74) is 1.65. The highest BCUT2D eigenvalue weighted by atomic mass is 35.5. The van der Waals surface area contributed by atoms with Gasteiger partial charge in [-0.2, -0.15) is 13.2 Å². The van der Waals surface area contributed by atoms with Crippen molar-refractivity contribution in [2.45, 2.75) is 36.3 Å². The molecule has 1 amide bonds. The van der Waals surface area contributed by atoms with Gasteiger partial charge in [-0.25, -0.2) is 13.2 Å². The third-order valence-electron chi connectivity index (χ3n) is 6.39. The van der Waals surface area contributed by atoms with Crippen molar-refractivity contribution in [1.29, 1.82) is 0 Å². The Morgan fingerprint density at radius 2 is 1.69 bits per heavy atom. The van der Waals surface area contributed by atoms with E-state index in [1.807, 2.05) is 19.1 Å². The summed E-state index contributed by atoms with van der Waals surface area (Å²) in [6.07, 6.45) is -3.49. The minimum absolute atomic E-state index is 0.0355. The predicted octanol–water partition coefficient (Wildman–Crippen LogP) is 3.56. The molecule has 1 aliphatic heterocycles. The summed E-state index contributed by atoms with van der Waals surface area (Å²) in [6.45, 7) is 6.51. The molecule has 3 N–H and O–H groups in total. The molecule has 2 fully saturated rings. The molecule has 2 aromatic rings. The van der Waals surface area contributed by atoms with Gasteiger partial charge in [0.05, 0.1) is 23.5 Å². The maximum atomic E-state index is 12.8. The van der Waals surface area contributed by atoms with Gasteiger partial charge >= 0.3 is 12.1 Å².